The number of pyridine rings is 1. The molecule has 0 unspecified atom stereocenters. The first-order chi connectivity index (χ1) is 10.9. The van der Waals surface area contributed by atoms with E-state index in [-0.39, 0.29) is 5.69 Å². The minimum absolute atomic E-state index is 0.0109. The van der Waals surface area contributed by atoms with E-state index >= 15 is 0 Å². The van der Waals surface area contributed by atoms with Crippen LogP contribution in [0.25, 0.3) is 6.08 Å². The van der Waals surface area contributed by atoms with Gasteiger partial charge in [0.15, 0.2) is 11.7 Å². The Kier molecular flexibility index (Phi) is 4.91. The number of benzene rings is 1. The first-order valence-electron chi connectivity index (χ1n) is 6.61. The van der Waals surface area contributed by atoms with Crippen molar-refractivity contribution >= 4 is 11.9 Å². The van der Waals surface area contributed by atoms with E-state index in [0.717, 1.165) is 17.7 Å². The van der Waals surface area contributed by atoms with Crippen molar-refractivity contribution in [2.24, 2.45) is 0 Å². The third-order valence-electron chi connectivity index (χ3n) is 3.06. The number of hydrogen-bond donors (Lipinski definition) is 0. The Morgan fingerprint density at radius 2 is 1.87 bits per heavy atom. The zero-order chi connectivity index (χ0) is 16.9. The van der Waals surface area contributed by atoms with Crippen molar-refractivity contribution in [1.29, 1.82) is 5.26 Å². The topological polar surface area (TPSA) is 53.8 Å². The third-order valence-corrected chi connectivity index (χ3v) is 3.06. The smallest absolute Gasteiger partial charge is 0.293 e. The fourth-order valence-corrected chi connectivity index (χ4v) is 1.86. The Morgan fingerprint density at radius 1 is 1.17 bits per heavy atom. The van der Waals surface area contributed by atoms with Gasteiger partial charge >= 0.3 is 6.18 Å². The van der Waals surface area contributed by atoms with Gasteiger partial charge in [-0.3, -0.25) is 9.78 Å². The number of carbonyl (C=O) groups is 1. The maximum absolute atomic E-state index is 12.5. The highest BCUT2D eigenvalue weighted by molar-refractivity contribution is 6.00. The molecule has 0 radical (unpaired) electrons. The fraction of sp³-hybridized carbons (Fsp3) is 0.118. The van der Waals surface area contributed by atoms with Gasteiger partial charge in [-0.15, -0.1) is 0 Å². The molecule has 116 valence electrons. The summed E-state index contributed by atoms with van der Waals surface area (Å²) in [6.45, 7) is 0. The monoisotopic (exact) mass is 316 g/mol. The van der Waals surface area contributed by atoms with Crippen molar-refractivity contribution in [2.75, 3.05) is 0 Å². The normalized spacial score (nSPS) is 12.8. The predicted molar refractivity (Wildman–Crippen MR) is 78.1 cm³/mol. The molecule has 0 saturated carbocycles. The molecule has 2 rings (SSSR count). The number of carbonyl (C=O) groups excluding carboxylic acids is 1. The fourth-order valence-electron chi connectivity index (χ4n) is 1.86. The Morgan fingerprint density at radius 3 is 2.39 bits per heavy atom. The van der Waals surface area contributed by atoms with Gasteiger partial charge in [-0.2, -0.15) is 18.4 Å². The summed E-state index contributed by atoms with van der Waals surface area (Å²) in [6, 6.07) is 12.6. The van der Waals surface area contributed by atoms with Crippen LogP contribution in [-0.4, -0.2) is 10.8 Å². The molecule has 1 aromatic carbocycles. The summed E-state index contributed by atoms with van der Waals surface area (Å²) in [5, 5.41) is 9.11. The van der Waals surface area contributed by atoms with Crippen LogP contribution in [0.15, 0.2) is 54.7 Å². The summed E-state index contributed by atoms with van der Waals surface area (Å²) in [6.07, 6.45) is -1.13. The van der Waals surface area contributed by atoms with E-state index < -0.39 is 23.4 Å². The maximum Gasteiger partial charge on any atom is 0.417 e. The first kappa shape index (κ1) is 16.4. The predicted octanol–water partition coefficient (Wildman–Crippen LogP) is 3.99. The lowest BCUT2D eigenvalue weighted by molar-refractivity contribution is -0.137. The van der Waals surface area contributed by atoms with Gasteiger partial charge < -0.3 is 0 Å². The summed E-state index contributed by atoms with van der Waals surface area (Å²) >= 11 is 0. The highest BCUT2D eigenvalue weighted by Gasteiger charge is 2.31. The van der Waals surface area contributed by atoms with Crippen LogP contribution in [0, 0.1) is 11.3 Å². The molecular formula is C17H11F3N2O. The molecule has 0 saturated heterocycles. The minimum Gasteiger partial charge on any atom is -0.293 e. The zero-order valence-corrected chi connectivity index (χ0v) is 11.8. The summed E-state index contributed by atoms with van der Waals surface area (Å²) in [5.74, 6) is -1.78. The SMILES string of the molecule is N#C[C@H](C(=O)/C=C\c1ccccc1)c1ccc(C(F)(F)F)cn1. The summed E-state index contributed by atoms with van der Waals surface area (Å²) in [7, 11) is 0. The van der Waals surface area contributed by atoms with Crippen LogP contribution in [0.2, 0.25) is 0 Å². The van der Waals surface area contributed by atoms with Crippen LogP contribution in [0.4, 0.5) is 13.2 Å². The number of nitrogens with zero attached hydrogens (tertiary/aromatic N) is 2. The Balaban J connectivity index is 2.18. The van der Waals surface area contributed by atoms with Gasteiger partial charge in [-0.25, -0.2) is 0 Å². The van der Waals surface area contributed by atoms with Gasteiger partial charge in [0.2, 0.25) is 0 Å². The molecule has 0 fully saturated rings. The highest BCUT2D eigenvalue weighted by Crippen LogP contribution is 2.29. The van der Waals surface area contributed by atoms with E-state index in [0.29, 0.717) is 6.20 Å². The largest absolute Gasteiger partial charge is 0.417 e. The first-order valence-corrected chi connectivity index (χ1v) is 6.61. The second-order valence-electron chi connectivity index (χ2n) is 4.68. The van der Waals surface area contributed by atoms with Crippen molar-refractivity contribution in [3.8, 4) is 6.07 Å². The summed E-state index contributed by atoms with van der Waals surface area (Å²) in [5.41, 5.74) is -0.161. The lowest BCUT2D eigenvalue weighted by Crippen LogP contribution is -2.11. The Hall–Kier alpha value is -2.94. The van der Waals surface area contributed by atoms with Gasteiger partial charge in [-0.05, 0) is 23.8 Å². The van der Waals surface area contributed by atoms with Crippen molar-refractivity contribution in [1.82, 2.24) is 4.98 Å². The number of aromatic nitrogens is 1. The molecule has 0 spiro atoms. The van der Waals surface area contributed by atoms with Crippen molar-refractivity contribution in [3.05, 3.63) is 71.6 Å². The molecule has 0 bridgehead atoms. The third kappa shape index (κ3) is 4.27. The molecule has 0 amide bonds. The van der Waals surface area contributed by atoms with Crippen LogP contribution >= 0.6 is 0 Å². The van der Waals surface area contributed by atoms with E-state index in [1.54, 1.807) is 30.3 Å². The number of halogens is 3. The van der Waals surface area contributed by atoms with E-state index in [9.17, 15) is 18.0 Å². The van der Waals surface area contributed by atoms with Gasteiger partial charge in [0.25, 0.3) is 0 Å². The Labute approximate surface area is 130 Å². The standard InChI is InChI=1S/C17H11F3N2O/c18-17(19,20)13-7-8-15(22-11-13)14(10-21)16(23)9-6-12-4-2-1-3-5-12/h1-9,11,14H/b9-6-/t14-/m0/s1. The van der Waals surface area contributed by atoms with Crippen molar-refractivity contribution in [2.45, 2.75) is 12.1 Å². The number of nitriles is 1. The number of hydrogen-bond acceptors (Lipinski definition) is 3. The molecule has 3 nitrogen and oxygen atoms in total. The number of rotatable bonds is 4. The van der Waals surface area contributed by atoms with Crippen molar-refractivity contribution < 1.29 is 18.0 Å². The van der Waals surface area contributed by atoms with Crippen LogP contribution in [0.1, 0.15) is 22.7 Å². The average molecular weight is 316 g/mol. The van der Waals surface area contributed by atoms with Crippen LogP contribution in [0.5, 0.6) is 0 Å². The van der Waals surface area contributed by atoms with Gasteiger partial charge in [0.1, 0.15) is 0 Å². The van der Waals surface area contributed by atoms with Crippen molar-refractivity contribution in [3.63, 3.8) is 0 Å². The lowest BCUT2D eigenvalue weighted by Gasteiger charge is -2.08. The molecule has 0 aliphatic heterocycles. The lowest BCUT2D eigenvalue weighted by atomic mass is 9.99. The molecule has 1 atom stereocenters. The Bertz CT molecular complexity index is 744. The van der Waals surface area contributed by atoms with E-state index in [1.165, 1.54) is 12.2 Å². The van der Waals surface area contributed by atoms with E-state index in [2.05, 4.69) is 4.98 Å². The summed E-state index contributed by atoms with van der Waals surface area (Å²) < 4.78 is 37.5. The molecular weight excluding hydrogens is 305 g/mol. The number of ketones is 1. The molecule has 23 heavy (non-hydrogen) atoms. The molecule has 1 aromatic heterocycles. The number of allylic oxidation sites excluding steroid dienone is 1. The van der Waals surface area contributed by atoms with Crippen LogP contribution < -0.4 is 0 Å². The van der Waals surface area contributed by atoms with Gasteiger partial charge in [0, 0.05) is 6.20 Å². The quantitative estimate of drug-likeness (QED) is 0.801. The zero-order valence-electron chi connectivity index (χ0n) is 11.8. The molecule has 2 aromatic rings. The molecule has 0 aliphatic carbocycles. The van der Waals surface area contributed by atoms with Crippen LogP contribution in [-0.2, 0) is 11.0 Å². The van der Waals surface area contributed by atoms with E-state index in [4.69, 9.17) is 5.26 Å². The molecule has 0 aliphatic rings. The van der Waals surface area contributed by atoms with Gasteiger partial charge in [0.05, 0.1) is 17.3 Å². The second kappa shape index (κ2) is 6.88. The summed E-state index contributed by atoms with van der Waals surface area (Å²) in [4.78, 5) is 15.7. The minimum atomic E-state index is -4.51. The average Bonchev–Trinajstić information content (AvgIpc) is 2.54. The highest BCUT2D eigenvalue weighted by atomic mass is 19.4. The molecule has 1 heterocycles. The number of alkyl halides is 3. The van der Waals surface area contributed by atoms with Crippen LogP contribution in [0.3, 0.4) is 0 Å². The molecule has 0 N–H and O–H groups in total. The van der Waals surface area contributed by atoms with E-state index in [1.807, 2.05) is 6.07 Å². The van der Waals surface area contributed by atoms with Gasteiger partial charge in [-0.1, -0.05) is 36.4 Å². The second-order valence-corrected chi connectivity index (χ2v) is 4.68. The molecule has 6 heteroatoms. The maximum atomic E-state index is 12.5.